The van der Waals surface area contributed by atoms with Gasteiger partial charge < -0.3 is 5.32 Å². The highest BCUT2D eigenvalue weighted by molar-refractivity contribution is 9.10. The average molecular weight is 376 g/mol. The summed E-state index contributed by atoms with van der Waals surface area (Å²) in [5, 5.41) is 3.32. The van der Waals surface area contributed by atoms with E-state index in [1.54, 1.807) is 18.2 Å². The van der Waals surface area contributed by atoms with Crippen LogP contribution in [0.1, 0.15) is 6.42 Å². The molecular formula is C10H13BrCl2N2O2S. The Morgan fingerprint density at radius 2 is 2.17 bits per heavy atom. The Bertz CT molecular complexity index is 498. The standard InChI is InChI=1S/C10H12BrClN2O2S.ClH/c11-8-2-1-3-9(12)10(8)17(15,16)14-7-4-5-13-6-7;/h1-3,7,13-14H,4-6H2;1H. The number of nitrogens with one attached hydrogen (secondary N) is 2. The Morgan fingerprint density at radius 1 is 1.44 bits per heavy atom. The first-order chi connectivity index (χ1) is 8.00. The molecule has 2 N–H and O–H groups in total. The molecule has 1 heterocycles. The van der Waals surface area contributed by atoms with Crippen LogP contribution in [-0.4, -0.2) is 27.5 Å². The molecule has 8 heteroatoms. The van der Waals surface area contributed by atoms with Crippen LogP contribution in [0.2, 0.25) is 5.02 Å². The molecule has 1 aliphatic heterocycles. The molecule has 1 aliphatic rings. The van der Waals surface area contributed by atoms with E-state index in [1.165, 1.54) is 0 Å². The van der Waals surface area contributed by atoms with Gasteiger partial charge in [0.2, 0.25) is 10.0 Å². The third-order valence-electron chi connectivity index (χ3n) is 2.57. The van der Waals surface area contributed by atoms with Crippen LogP contribution < -0.4 is 10.0 Å². The molecule has 0 spiro atoms. The van der Waals surface area contributed by atoms with Gasteiger partial charge in [0.25, 0.3) is 0 Å². The molecule has 1 unspecified atom stereocenters. The normalized spacial score (nSPS) is 19.6. The summed E-state index contributed by atoms with van der Waals surface area (Å²) in [5.41, 5.74) is 0. The van der Waals surface area contributed by atoms with Crippen LogP contribution in [0.25, 0.3) is 0 Å². The summed E-state index contributed by atoms with van der Waals surface area (Å²) in [4.78, 5) is 0.105. The fourth-order valence-electron chi connectivity index (χ4n) is 1.77. The summed E-state index contributed by atoms with van der Waals surface area (Å²) in [6, 6.07) is 4.85. The van der Waals surface area contributed by atoms with Crippen molar-refractivity contribution in [3.8, 4) is 0 Å². The van der Waals surface area contributed by atoms with Crippen molar-refractivity contribution in [1.82, 2.24) is 10.0 Å². The molecular weight excluding hydrogens is 363 g/mol. The maximum absolute atomic E-state index is 12.2. The summed E-state index contributed by atoms with van der Waals surface area (Å²) < 4.78 is 27.5. The van der Waals surface area contributed by atoms with Gasteiger partial charge in [0.15, 0.2) is 0 Å². The lowest BCUT2D eigenvalue weighted by atomic mass is 10.3. The summed E-state index contributed by atoms with van der Waals surface area (Å²) in [6.45, 7) is 1.48. The monoisotopic (exact) mass is 374 g/mol. The zero-order valence-corrected chi connectivity index (χ0v) is 13.3. The minimum absolute atomic E-state index is 0. The summed E-state index contributed by atoms with van der Waals surface area (Å²) in [5.74, 6) is 0. The molecule has 0 aromatic heterocycles. The quantitative estimate of drug-likeness (QED) is 0.851. The maximum Gasteiger partial charge on any atom is 0.243 e. The van der Waals surface area contributed by atoms with Crippen LogP contribution >= 0.6 is 39.9 Å². The van der Waals surface area contributed by atoms with Gasteiger partial charge in [0, 0.05) is 17.1 Å². The molecule has 1 atom stereocenters. The van der Waals surface area contributed by atoms with E-state index in [1.807, 2.05) is 0 Å². The van der Waals surface area contributed by atoms with Crippen molar-refractivity contribution < 1.29 is 8.42 Å². The molecule has 4 nitrogen and oxygen atoms in total. The molecule has 102 valence electrons. The van der Waals surface area contributed by atoms with Gasteiger partial charge in [0.05, 0.1) is 5.02 Å². The predicted octanol–water partition coefficient (Wildman–Crippen LogP) is 2.16. The van der Waals surface area contributed by atoms with E-state index in [4.69, 9.17) is 11.6 Å². The number of rotatable bonds is 3. The predicted molar refractivity (Wildman–Crippen MR) is 78.0 cm³/mol. The van der Waals surface area contributed by atoms with Gasteiger partial charge >= 0.3 is 0 Å². The van der Waals surface area contributed by atoms with Gasteiger partial charge in [0.1, 0.15) is 4.90 Å². The van der Waals surface area contributed by atoms with Gasteiger partial charge in [-0.1, -0.05) is 17.7 Å². The molecule has 1 saturated heterocycles. The van der Waals surface area contributed by atoms with Crippen molar-refractivity contribution in [2.75, 3.05) is 13.1 Å². The number of benzene rings is 1. The van der Waals surface area contributed by atoms with Crippen molar-refractivity contribution in [1.29, 1.82) is 0 Å². The molecule has 2 rings (SSSR count). The molecule has 0 amide bonds. The topological polar surface area (TPSA) is 58.2 Å². The van der Waals surface area contributed by atoms with Crippen molar-refractivity contribution >= 4 is 50.0 Å². The maximum atomic E-state index is 12.2. The van der Waals surface area contributed by atoms with Crippen LogP contribution in [0.3, 0.4) is 0 Å². The Balaban J connectivity index is 0.00000162. The lowest BCUT2D eigenvalue weighted by Gasteiger charge is -2.14. The zero-order chi connectivity index (χ0) is 12.5. The van der Waals surface area contributed by atoms with Crippen molar-refractivity contribution in [3.63, 3.8) is 0 Å². The Kier molecular flexibility index (Phi) is 5.89. The lowest BCUT2D eigenvalue weighted by molar-refractivity contribution is 0.560. The molecule has 1 aromatic carbocycles. The van der Waals surface area contributed by atoms with Crippen molar-refractivity contribution in [2.24, 2.45) is 0 Å². The van der Waals surface area contributed by atoms with Crippen LogP contribution in [0.4, 0.5) is 0 Å². The summed E-state index contributed by atoms with van der Waals surface area (Å²) in [7, 11) is -3.57. The smallest absolute Gasteiger partial charge is 0.243 e. The third-order valence-corrected chi connectivity index (χ3v) is 5.54. The van der Waals surface area contributed by atoms with Gasteiger partial charge in [-0.2, -0.15) is 0 Å². The Hall–Kier alpha value is 0.150. The van der Waals surface area contributed by atoms with E-state index in [0.717, 1.165) is 13.0 Å². The number of halogens is 3. The number of hydrogen-bond donors (Lipinski definition) is 2. The highest BCUT2D eigenvalue weighted by Gasteiger charge is 2.26. The van der Waals surface area contributed by atoms with Crippen LogP contribution in [0, 0.1) is 0 Å². The van der Waals surface area contributed by atoms with E-state index in [2.05, 4.69) is 26.0 Å². The number of sulfonamides is 1. The molecule has 1 fully saturated rings. The van der Waals surface area contributed by atoms with E-state index < -0.39 is 10.0 Å². The van der Waals surface area contributed by atoms with Gasteiger partial charge in [-0.3, -0.25) is 0 Å². The van der Waals surface area contributed by atoms with Crippen molar-refractivity contribution in [3.05, 3.63) is 27.7 Å². The fourth-order valence-corrected chi connectivity index (χ4v) is 4.78. The largest absolute Gasteiger partial charge is 0.315 e. The molecule has 18 heavy (non-hydrogen) atoms. The highest BCUT2D eigenvalue weighted by Crippen LogP contribution is 2.29. The van der Waals surface area contributed by atoms with E-state index >= 15 is 0 Å². The van der Waals surface area contributed by atoms with Crippen LogP contribution in [0.15, 0.2) is 27.6 Å². The van der Waals surface area contributed by atoms with E-state index in [9.17, 15) is 8.42 Å². The Labute approximate surface area is 126 Å². The second-order valence-corrected chi connectivity index (χ2v) is 6.77. The molecule has 0 saturated carbocycles. The summed E-state index contributed by atoms with van der Waals surface area (Å²) in [6.07, 6.45) is 0.793. The summed E-state index contributed by atoms with van der Waals surface area (Å²) >= 11 is 9.15. The molecule has 0 bridgehead atoms. The zero-order valence-electron chi connectivity index (χ0n) is 9.32. The molecule has 1 aromatic rings. The average Bonchev–Trinajstić information content (AvgIpc) is 2.68. The minimum Gasteiger partial charge on any atom is -0.315 e. The van der Waals surface area contributed by atoms with Crippen LogP contribution in [0.5, 0.6) is 0 Å². The van der Waals surface area contributed by atoms with E-state index in [-0.39, 0.29) is 28.4 Å². The third kappa shape index (κ3) is 3.59. The van der Waals surface area contributed by atoms with E-state index in [0.29, 0.717) is 11.0 Å². The first-order valence-electron chi connectivity index (χ1n) is 5.18. The van der Waals surface area contributed by atoms with Crippen molar-refractivity contribution in [2.45, 2.75) is 17.4 Å². The first-order valence-corrected chi connectivity index (χ1v) is 7.83. The van der Waals surface area contributed by atoms with Gasteiger partial charge in [-0.25, -0.2) is 13.1 Å². The van der Waals surface area contributed by atoms with Crippen LogP contribution in [-0.2, 0) is 10.0 Å². The first kappa shape index (κ1) is 16.2. The lowest BCUT2D eigenvalue weighted by Crippen LogP contribution is -2.36. The Morgan fingerprint density at radius 3 is 2.72 bits per heavy atom. The second kappa shape index (κ2) is 6.54. The minimum atomic E-state index is -3.57. The molecule has 0 radical (unpaired) electrons. The van der Waals surface area contributed by atoms with Gasteiger partial charge in [-0.05, 0) is 41.0 Å². The van der Waals surface area contributed by atoms with Gasteiger partial charge in [-0.15, -0.1) is 12.4 Å². The fraction of sp³-hybridized carbons (Fsp3) is 0.400. The SMILES string of the molecule is Cl.O=S(=O)(NC1CCNC1)c1c(Cl)cccc1Br. The highest BCUT2D eigenvalue weighted by atomic mass is 79.9. The second-order valence-electron chi connectivity index (χ2n) is 3.86. The molecule has 0 aliphatic carbocycles. The number of hydrogen-bond acceptors (Lipinski definition) is 3.